The van der Waals surface area contributed by atoms with E-state index in [1.54, 1.807) is 7.11 Å². The summed E-state index contributed by atoms with van der Waals surface area (Å²) in [5.74, 6) is 0.918. The molecule has 0 aliphatic carbocycles. The van der Waals surface area contributed by atoms with Gasteiger partial charge in [-0.15, -0.1) is 10.2 Å². The largest absolute Gasteiger partial charge is 0.495 e. The molecule has 2 aromatic rings. The Balaban J connectivity index is 1.56. The van der Waals surface area contributed by atoms with E-state index in [0.29, 0.717) is 5.13 Å². The number of thioether (sulfide) groups is 1. The zero-order valence-electron chi connectivity index (χ0n) is 15.8. The van der Waals surface area contributed by atoms with Crippen molar-refractivity contribution in [3.05, 3.63) is 24.3 Å². The predicted molar refractivity (Wildman–Crippen MR) is 110 cm³/mol. The number of piperazine rings is 1. The van der Waals surface area contributed by atoms with Gasteiger partial charge in [0, 0.05) is 26.2 Å². The van der Waals surface area contributed by atoms with Crippen LogP contribution in [0.5, 0.6) is 5.75 Å². The van der Waals surface area contributed by atoms with E-state index in [-0.39, 0.29) is 11.2 Å². The first-order chi connectivity index (χ1) is 13.1. The summed E-state index contributed by atoms with van der Waals surface area (Å²) >= 11 is 2.90. The monoisotopic (exact) mass is 407 g/mol. The Morgan fingerprint density at radius 1 is 1.30 bits per heavy atom. The number of rotatable bonds is 7. The number of methoxy groups -OCH3 is 1. The Kier molecular flexibility index (Phi) is 6.92. The van der Waals surface area contributed by atoms with Crippen molar-refractivity contribution in [3.8, 4) is 5.75 Å². The summed E-state index contributed by atoms with van der Waals surface area (Å²) in [5.41, 5.74) is 0.839. The van der Waals surface area contributed by atoms with Crippen LogP contribution in [-0.4, -0.2) is 71.0 Å². The van der Waals surface area contributed by atoms with Gasteiger partial charge in [-0.25, -0.2) is 0 Å². The molecule has 1 aliphatic rings. The van der Waals surface area contributed by atoms with Gasteiger partial charge in [0.15, 0.2) is 4.34 Å². The maximum atomic E-state index is 12.7. The lowest BCUT2D eigenvalue weighted by Gasteiger charge is -2.35. The molecule has 1 aliphatic heterocycles. The minimum atomic E-state index is -0.176. The number of anilines is 2. The van der Waals surface area contributed by atoms with E-state index in [1.165, 1.54) is 23.1 Å². The highest BCUT2D eigenvalue weighted by atomic mass is 32.2. The molecular formula is C18H25N5O2S2. The number of amides is 1. The van der Waals surface area contributed by atoms with Gasteiger partial charge in [-0.1, -0.05) is 42.2 Å². The van der Waals surface area contributed by atoms with Crippen LogP contribution in [-0.2, 0) is 4.79 Å². The number of likely N-dealkylation sites (N-methyl/N-ethyl adjacent to an activating group) is 1. The maximum Gasteiger partial charge on any atom is 0.235 e. The number of carbonyl (C=O) groups excluding carboxylic acids is 1. The molecular weight excluding hydrogens is 382 g/mol. The number of hydrogen-bond acceptors (Lipinski definition) is 8. The zero-order valence-corrected chi connectivity index (χ0v) is 17.5. The quantitative estimate of drug-likeness (QED) is 0.708. The van der Waals surface area contributed by atoms with E-state index in [2.05, 4.69) is 27.3 Å². The summed E-state index contributed by atoms with van der Waals surface area (Å²) in [6.45, 7) is 8.63. The Morgan fingerprint density at radius 2 is 2.04 bits per heavy atom. The smallest absolute Gasteiger partial charge is 0.235 e. The Bertz CT molecular complexity index is 762. The first-order valence-electron chi connectivity index (χ1n) is 9.02. The van der Waals surface area contributed by atoms with Crippen LogP contribution in [0.4, 0.5) is 10.8 Å². The molecule has 0 saturated carbocycles. The van der Waals surface area contributed by atoms with Crippen LogP contribution in [0.15, 0.2) is 28.6 Å². The minimum Gasteiger partial charge on any atom is -0.495 e. The van der Waals surface area contributed by atoms with E-state index in [4.69, 9.17) is 4.74 Å². The lowest BCUT2D eigenvalue weighted by molar-refractivity contribution is -0.132. The van der Waals surface area contributed by atoms with Gasteiger partial charge in [0.25, 0.3) is 0 Å². The lowest BCUT2D eigenvalue weighted by Crippen LogP contribution is -2.50. The second-order valence-corrected chi connectivity index (χ2v) is 8.78. The predicted octanol–water partition coefficient (Wildman–Crippen LogP) is 2.94. The van der Waals surface area contributed by atoms with Gasteiger partial charge in [0.2, 0.25) is 11.0 Å². The average molecular weight is 408 g/mol. The summed E-state index contributed by atoms with van der Waals surface area (Å²) in [4.78, 5) is 17.0. The van der Waals surface area contributed by atoms with Crippen LogP contribution in [0, 0.1) is 0 Å². The average Bonchev–Trinajstić information content (AvgIpc) is 3.14. The molecule has 1 fully saturated rings. The molecule has 146 valence electrons. The van der Waals surface area contributed by atoms with E-state index in [0.717, 1.165) is 48.5 Å². The molecule has 9 heteroatoms. The molecule has 1 saturated heterocycles. The highest BCUT2D eigenvalue weighted by Crippen LogP contribution is 2.33. The van der Waals surface area contributed by atoms with Gasteiger partial charge < -0.3 is 19.9 Å². The van der Waals surface area contributed by atoms with Crippen LogP contribution in [0.3, 0.4) is 0 Å². The first kappa shape index (κ1) is 19.9. The highest BCUT2D eigenvalue weighted by Gasteiger charge is 2.26. The van der Waals surface area contributed by atoms with Crippen molar-refractivity contribution in [2.75, 3.05) is 45.2 Å². The van der Waals surface area contributed by atoms with Crippen molar-refractivity contribution in [1.29, 1.82) is 0 Å². The van der Waals surface area contributed by atoms with E-state index < -0.39 is 0 Å². The maximum absolute atomic E-state index is 12.7. The minimum absolute atomic E-state index is 0.171. The summed E-state index contributed by atoms with van der Waals surface area (Å²) in [5, 5.41) is 12.1. The van der Waals surface area contributed by atoms with Crippen molar-refractivity contribution >= 4 is 39.8 Å². The third kappa shape index (κ3) is 5.12. The van der Waals surface area contributed by atoms with Crippen molar-refractivity contribution < 1.29 is 9.53 Å². The standard InChI is InChI=1S/C18H25N5O2S2/c1-4-22-9-11-23(12-10-22)16(24)13(2)26-18-21-20-17(27-18)19-14-7-5-6-8-15(14)25-3/h5-8,13H,4,9-12H2,1-3H3,(H,19,20)/t13-/m1/s1. The van der Waals surface area contributed by atoms with Gasteiger partial charge in [0.05, 0.1) is 18.0 Å². The summed E-state index contributed by atoms with van der Waals surface area (Å²) < 4.78 is 6.12. The number of nitrogens with one attached hydrogen (secondary N) is 1. The van der Waals surface area contributed by atoms with Gasteiger partial charge >= 0.3 is 0 Å². The summed E-state index contributed by atoms with van der Waals surface area (Å²) in [7, 11) is 1.63. The SMILES string of the molecule is CCN1CCN(C(=O)[C@@H](C)Sc2nnc(Nc3ccccc3OC)s2)CC1. The van der Waals surface area contributed by atoms with E-state index in [1.807, 2.05) is 36.1 Å². The fraction of sp³-hybridized carbons (Fsp3) is 0.500. The molecule has 1 N–H and O–H groups in total. The molecule has 0 bridgehead atoms. The normalized spacial score (nSPS) is 16.2. The summed E-state index contributed by atoms with van der Waals surface area (Å²) in [6, 6.07) is 7.66. The number of benzene rings is 1. The second-order valence-electron chi connectivity index (χ2n) is 6.22. The Morgan fingerprint density at radius 3 is 2.74 bits per heavy atom. The number of para-hydroxylation sites is 2. The van der Waals surface area contributed by atoms with Gasteiger partial charge in [-0.3, -0.25) is 4.79 Å². The number of carbonyl (C=O) groups is 1. The molecule has 0 radical (unpaired) electrons. The number of nitrogens with zero attached hydrogens (tertiary/aromatic N) is 4. The van der Waals surface area contributed by atoms with E-state index >= 15 is 0 Å². The molecule has 3 rings (SSSR count). The fourth-order valence-electron chi connectivity index (χ4n) is 2.91. The van der Waals surface area contributed by atoms with Gasteiger partial charge in [0.1, 0.15) is 5.75 Å². The molecule has 0 spiro atoms. The molecule has 1 amide bonds. The summed E-state index contributed by atoms with van der Waals surface area (Å²) in [6.07, 6.45) is 0. The third-order valence-electron chi connectivity index (χ3n) is 4.51. The lowest BCUT2D eigenvalue weighted by atomic mass is 10.3. The second kappa shape index (κ2) is 9.38. The molecule has 0 unspecified atom stereocenters. The zero-order chi connectivity index (χ0) is 19.2. The van der Waals surface area contributed by atoms with Crippen molar-refractivity contribution in [3.63, 3.8) is 0 Å². The van der Waals surface area contributed by atoms with Crippen LogP contribution in [0.25, 0.3) is 0 Å². The van der Waals surface area contributed by atoms with Crippen LogP contribution >= 0.6 is 23.1 Å². The van der Waals surface area contributed by atoms with Crippen LogP contribution in [0.1, 0.15) is 13.8 Å². The van der Waals surface area contributed by atoms with Gasteiger partial charge in [-0.05, 0) is 25.6 Å². The molecule has 27 heavy (non-hydrogen) atoms. The van der Waals surface area contributed by atoms with Crippen LogP contribution in [0.2, 0.25) is 0 Å². The van der Waals surface area contributed by atoms with Crippen molar-refractivity contribution in [2.45, 2.75) is 23.4 Å². The fourth-order valence-corrected chi connectivity index (χ4v) is 4.91. The van der Waals surface area contributed by atoms with Crippen molar-refractivity contribution in [1.82, 2.24) is 20.0 Å². The molecule has 1 aromatic carbocycles. The molecule has 1 aromatic heterocycles. The first-order valence-corrected chi connectivity index (χ1v) is 10.7. The van der Waals surface area contributed by atoms with E-state index in [9.17, 15) is 4.79 Å². The third-order valence-corrected chi connectivity index (χ3v) is 6.52. The topological polar surface area (TPSA) is 70.6 Å². The van der Waals surface area contributed by atoms with Crippen LogP contribution < -0.4 is 10.1 Å². The van der Waals surface area contributed by atoms with Crippen molar-refractivity contribution in [2.24, 2.45) is 0 Å². The molecule has 7 nitrogen and oxygen atoms in total. The van der Waals surface area contributed by atoms with Gasteiger partial charge in [-0.2, -0.15) is 0 Å². The number of ether oxygens (including phenoxy) is 1. The Labute approximate surface area is 168 Å². The highest BCUT2D eigenvalue weighted by molar-refractivity contribution is 8.02. The number of aromatic nitrogens is 2. The molecule has 1 atom stereocenters. The number of hydrogen-bond donors (Lipinski definition) is 1. The Hall–Kier alpha value is -1.84. The molecule has 2 heterocycles.